The van der Waals surface area contributed by atoms with Gasteiger partial charge >= 0.3 is 0 Å². The Hall–Kier alpha value is -1.33. The van der Waals surface area contributed by atoms with Gasteiger partial charge < -0.3 is 10.6 Å². The van der Waals surface area contributed by atoms with Gasteiger partial charge in [-0.25, -0.2) is 9.97 Å². The van der Waals surface area contributed by atoms with Crippen LogP contribution in [0.5, 0.6) is 0 Å². The lowest BCUT2D eigenvalue weighted by molar-refractivity contribution is 0.161. The average molecular weight is 201 g/mol. The van der Waals surface area contributed by atoms with Gasteiger partial charge in [0.25, 0.3) is 0 Å². The van der Waals surface area contributed by atoms with Crippen LogP contribution in [-0.2, 0) is 4.84 Å². The monoisotopic (exact) mass is 200 g/mol. The molecule has 0 bridgehead atoms. The molecule has 0 saturated heterocycles. The Morgan fingerprint density at radius 2 is 2.38 bits per heavy atom. The third-order valence-electron chi connectivity index (χ3n) is 1.26. The average Bonchev–Trinajstić information content (AvgIpc) is 2.13. The Morgan fingerprint density at radius 3 is 3.08 bits per heavy atom. The maximum absolute atomic E-state index is 5.79. The molecule has 0 unspecified atom stereocenters. The van der Waals surface area contributed by atoms with Crippen molar-refractivity contribution in [3.63, 3.8) is 0 Å². The topological polar surface area (TPSA) is 73.1 Å². The third kappa shape index (κ3) is 2.57. The van der Waals surface area contributed by atoms with Gasteiger partial charge in [0.15, 0.2) is 0 Å². The molecule has 0 aromatic carbocycles. The Kier molecular flexibility index (Phi) is 3.48. The van der Waals surface area contributed by atoms with Gasteiger partial charge in [-0.3, -0.25) is 0 Å². The van der Waals surface area contributed by atoms with Gasteiger partial charge in [-0.05, 0) is 0 Å². The number of nitrogens with one attached hydrogen (secondary N) is 1. The van der Waals surface area contributed by atoms with E-state index in [-0.39, 0.29) is 5.82 Å². The standard InChI is InChI=1S/C7H9ClN4O/c1-10-13-3-2-5-6(8)7(9)12-4-11-5/h2-4,10H,1H3,(H2,9,11,12)/b3-2+. The second-order valence-electron chi connectivity index (χ2n) is 2.08. The summed E-state index contributed by atoms with van der Waals surface area (Å²) in [7, 11) is 1.64. The van der Waals surface area contributed by atoms with E-state index in [1.807, 2.05) is 0 Å². The van der Waals surface area contributed by atoms with Crippen molar-refractivity contribution in [2.45, 2.75) is 0 Å². The minimum atomic E-state index is 0.251. The van der Waals surface area contributed by atoms with Crippen LogP contribution in [0.25, 0.3) is 6.08 Å². The van der Waals surface area contributed by atoms with Crippen LogP contribution in [0, 0.1) is 0 Å². The van der Waals surface area contributed by atoms with Crippen molar-refractivity contribution in [3.05, 3.63) is 23.3 Å². The first-order chi connectivity index (χ1) is 6.25. The summed E-state index contributed by atoms with van der Waals surface area (Å²) in [4.78, 5) is 12.3. The molecule has 70 valence electrons. The van der Waals surface area contributed by atoms with Crippen LogP contribution in [-0.4, -0.2) is 17.0 Å². The first kappa shape index (κ1) is 9.76. The fraction of sp³-hybridized carbons (Fsp3) is 0.143. The highest BCUT2D eigenvalue weighted by Crippen LogP contribution is 2.19. The largest absolute Gasteiger partial charge is 0.417 e. The van der Waals surface area contributed by atoms with E-state index in [1.165, 1.54) is 12.6 Å². The van der Waals surface area contributed by atoms with Crippen molar-refractivity contribution in [1.29, 1.82) is 0 Å². The van der Waals surface area contributed by atoms with E-state index in [9.17, 15) is 0 Å². The summed E-state index contributed by atoms with van der Waals surface area (Å²) in [5, 5.41) is 0.318. The Balaban J connectivity index is 2.83. The van der Waals surface area contributed by atoms with E-state index in [0.29, 0.717) is 10.7 Å². The van der Waals surface area contributed by atoms with Crippen molar-refractivity contribution >= 4 is 23.5 Å². The highest BCUT2D eigenvalue weighted by atomic mass is 35.5. The molecule has 0 radical (unpaired) electrons. The number of nitrogens with zero attached hydrogens (tertiary/aromatic N) is 2. The second kappa shape index (κ2) is 4.64. The fourth-order valence-corrected chi connectivity index (χ4v) is 0.841. The molecular formula is C7H9ClN4O. The molecule has 0 fully saturated rings. The highest BCUT2D eigenvalue weighted by molar-refractivity contribution is 6.33. The van der Waals surface area contributed by atoms with Gasteiger partial charge in [0.05, 0.1) is 5.69 Å². The van der Waals surface area contributed by atoms with Crippen molar-refractivity contribution in [1.82, 2.24) is 15.4 Å². The van der Waals surface area contributed by atoms with Crippen LogP contribution in [0.3, 0.4) is 0 Å². The lowest BCUT2D eigenvalue weighted by Gasteiger charge is -1.99. The zero-order valence-corrected chi connectivity index (χ0v) is 7.75. The molecule has 1 rings (SSSR count). The van der Waals surface area contributed by atoms with Crippen molar-refractivity contribution in [3.8, 4) is 0 Å². The van der Waals surface area contributed by atoms with E-state index >= 15 is 0 Å². The number of rotatable bonds is 3. The third-order valence-corrected chi connectivity index (χ3v) is 1.64. The van der Waals surface area contributed by atoms with Gasteiger partial charge in [-0.1, -0.05) is 11.6 Å². The van der Waals surface area contributed by atoms with Crippen molar-refractivity contribution in [2.75, 3.05) is 12.8 Å². The number of nitrogens with two attached hydrogens (primary N) is 1. The van der Waals surface area contributed by atoms with Gasteiger partial charge in [0.1, 0.15) is 23.4 Å². The molecule has 5 nitrogen and oxygen atoms in total. The van der Waals surface area contributed by atoms with Crippen LogP contribution in [0.1, 0.15) is 5.69 Å². The van der Waals surface area contributed by atoms with Gasteiger partial charge in [-0.2, -0.15) is 5.48 Å². The molecular weight excluding hydrogens is 192 g/mol. The van der Waals surface area contributed by atoms with Gasteiger partial charge in [0, 0.05) is 13.1 Å². The lowest BCUT2D eigenvalue weighted by Crippen LogP contribution is -2.00. The smallest absolute Gasteiger partial charge is 0.146 e. The highest BCUT2D eigenvalue weighted by Gasteiger charge is 2.02. The van der Waals surface area contributed by atoms with E-state index in [4.69, 9.17) is 22.2 Å². The molecule has 3 N–H and O–H groups in total. The first-order valence-electron chi connectivity index (χ1n) is 3.50. The van der Waals surface area contributed by atoms with E-state index in [1.54, 1.807) is 13.1 Å². The van der Waals surface area contributed by atoms with Crippen molar-refractivity contribution in [2.24, 2.45) is 0 Å². The van der Waals surface area contributed by atoms with E-state index in [0.717, 1.165) is 0 Å². The fourth-order valence-electron chi connectivity index (χ4n) is 0.681. The van der Waals surface area contributed by atoms with Crippen LogP contribution in [0.2, 0.25) is 5.02 Å². The number of nitrogen functional groups attached to an aromatic ring is 1. The molecule has 0 spiro atoms. The molecule has 1 aromatic heterocycles. The number of hydroxylamine groups is 1. The number of hydrogen-bond acceptors (Lipinski definition) is 5. The minimum Gasteiger partial charge on any atom is -0.417 e. The molecule has 0 amide bonds. The predicted molar refractivity (Wildman–Crippen MR) is 50.6 cm³/mol. The zero-order chi connectivity index (χ0) is 9.68. The summed E-state index contributed by atoms with van der Waals surface area (Å²) in [5.74, 6) is 0.251. The maximum Gasteiger partial charge on any atom is 0.146 e. The predicted octanol–water partition coefficient (Wildman–Crippen LogP) is 0.834. The molecule has 6 heteroatoms. The summed E-state index contributed by atoms with van der Waals surface area (Å²) in [5.41, 5.74) is 8.44. The molecule has 13 heavy (non-hydrogen) atoms. The van der Waals surface area contributed by atoms with Gasteiger partial charge in [-0.15, -0.1) is 0 Å². The first-order valence-corrected chi connectivity index (χ1v) is 3.88. The summed E-state index contributed by atoms with van der Waals surface area (Å²) >= 11 is 5.79. The SMILES string of the molecule is CNO/C=C/c1ncnc(N)c1Cl. The number of hydrogen-bond donors (Lipinski definition) is 2. The summed E-state index contributed by atoms with van der Waals surface area (Å²) in [6.45, 7) is 0. The molecule has 0 aliphatic carbocycles. The van der Waals surface area contributed by atoms with Crippen LogP contribution >= 0.6 is 11.6 Å². The number of aromatic nitrogens is 2. The Morgan fingerprint density at radius 1 is 1.62 bits per heavy atom. The van der Waals surface area contributed by atoms with Crippen LogP contribution in [0.4, 0.5) is 5.82 Å². The van der Waals surface area contributed by atoms with E-state index < -0.39 is 0 Å². The van der Waals surface area contributed by atoms with Crippen LogP contribution < -0.4 is 11.2 Å². The maximum atomic E-state index is 5.79. The van der Waals surface area contributed by atoms with Gasteiger partial charge in [0.2, 0.25) is 0 Å². The lowest BCUT2D eigenvalue weighted by atomic mass is 10.4. The quantitative estimate of drug-likeness (QED) is 0.559. The van der Waals surface area contributed by atoms with Crippen LogP contribution in [0.15, 0.2) is 12.6 Å². The summed E-state index contributed by atoms with van der Waals surface area (Å²) in [6.07, 6.45) is 4.32. The molecule has 0 atom stereocenters. The zero-order valence-electron chi connectivity index (χ0n) is 6.99. The second-order valence-corrected chi connectivity index (χ2v) is 2.46. The molecule has 0 aliphatic heterocycles. The number of halogens is 1. The Bertz CT molecular complexity index is 315. The molecule has 0 aliphatic rings. The molecule has 1 heterocycles. The molecule has 0 saturated carbocycles. The minimum absolute atomic E-state index is 0.251. The van der Waals surface area contributed by atoms with E-state index in [2.05, 4.69) is 15.4 Å². The summed E-state index contributed by atoms with van der Waals surface area (Å²) in [6, 6.07) is 0. The molecule has 1 aromatic rings. The normalized spacial score (nSPS) is 10.6. The number of anilines is 1. The summed E-state index contributed by atoms with van der Waals surface area (Å²) < 4.78 is 0. The Labute approximate surface area is 80.5 Å². The van der Waals surface area contributed by atoms with Crippen molar-refractivity contribution < 1.29 is 4.84 Å².